The van der Waals surface area contributed by atoms with E-state index in [1.165, 1.54) is 4.88 Å². The third-order valence-corrected chi connectivity index (χ3v) is 5.11. The number of thiophene rings is 1. The van der Waals surface area contributed by atoms with Crippen LogP contribution in [0.25, 0.3) is 0 Å². The van der Waals surface area contributed by atoms with Crippen LogP contribution in [-0.4, -0.2) is 33.9 Å². The average molecular weight is 315 g/mol. The van der Waals surface area contributed by atoms with Crippen molar-refractivity contribution in [2.24, 2.45) is 0 Å². The summed E-state index contributed by atoms with van der Waals surface area (Å²) in [6, 6.07) is 6.12. The lowest BCUT2D eigenvalue weighted by Gasteiger charge is -2.32. The van der Waals surface area contributed by atoms with Gasteiger partial charge in [0.05, 0.1) is 6.42 Å². The number of amides is 1. The molecule has 1 fully saturated rings. The van der Waals surface area contributed by atoms with Gasteiger partial charge in [-0.3, -0.25) is 4.79 Å². The number of aryl methyl sites for hydroxylation is 2. The lowest BCUT2D eigenvalue weighted by atomic mass is 9.94. The highest BCUT2D eigenvalue weighted by atomic mass is 32.1. The molecule has 0 radical (unpaired) electrons. The third-order valence-electron chi connectivity index (χ3n) is 4.11. The van der Waals surface area contributed by atoms with E-state index in [1.54, 1.807) is 11.3 Å². The fraction of sp³-hybridized carbons (Fsp3) is 0.471. The molecule has 1 atom stereocenters. The Morgan fingerprint density at radius 2 is 2.23 bits per heavy atom. The van der Waals surface area contributed by atoms with E-state index in [-0.39, 0.29) is 5.91 Å². The van der Waals surface area contributed by atoms with Crippen molar-refractivity contribution in [2.45, 2.75) is 39.0 Å². The van der Waals surface area contributed by atoms with Crippen LogP contribution < -0.4 is 0 Å². The molecular formula is C17H21N3OS. The van der Waals surface area contributed by atoms with Gasteiger partial charge in [-0.05, 0) is 44.9 Å². The van der Waals surface area contributed by atoms with Gasteiger partial charge in [-0.25, -0.2) is 9.97 Å². The number of aromatic nitrogens is 2. The van der Waals surface area contributed by atoms with Crippen molar-refractivity contribution < 1.29 is 4.79 Å². The molecule has 0 aromatic carbocycles. The lowest BCUT2D eigenvalue weighted by Crippen LogP contribution is -2.40. The number of carbonyl (C=O) groups excluding carboxylic acids is 1. The maximum atomic E-state index is 12.5. The Morgan fingerprint density at radius 1 is 1.36 bits per heavy atom. The highest BCUT2D eigenvalue weighted by Gasteiger charge is 2.25. The third kappa shape index (κ3) is 3.53. The molecule has 1 aliphatic rings. The minimum atomic E-state index is 0.234. The van der Waals surface area contributed by atoms with Crippen LogP contribution in [-0.2, 0) is 11.2 Å². The molecule has 0 saturated carbocycles. The first-order valence-corrected chi connectivity index (χ1v) is 8.56. The Bertz CT molecular complexity index is 667. The Kier molecular flexibility index (Phi) is 4.52. The zero-order chi connectivity index (χ0) is 15.5. The number of hydrogen-bond acceptors (Lipinski definition) is 4. The molecule has 3 heterocycles. The van der Waals surface area contributed by atoms with Crippen molar-refractivity contribution in [2.75, 3.05) is 13.1 Å². The SMILES string of the molecule is Cc1nccc(C2CCCN(C(=O)Cc3ccc(C)s3)C2)n1. The molecule has 5 heteroatoms. The highest BCUT2D eigenvalue weighted by molar-refractivity contribution is 7.12. The molecule has 22 heavy (non-hydrogen) atoms. The predicted molar refractivity (Wildman–Crippen MR) is 88.1 cm³/mol. The summed E-state index contributed by atoms with van der Waals surface area (Å²) in [6.45, 7) is 5.63. The minimum absolute atomic E-state index is 0.234. The summed E-state index contributed by atoms with van der Waals surface area (Å²) in [6.07, 6.45) is 4.47. The van der Waals surface area contributed by atoms with E-state index < -0.39 is 0 Å². The highest BCUT2D eigenvalue weighted by Crippen LogP contribution is 2.26. The summed E-state index contributed by atoms with van der Waals surface area (Å²) >= 11 is 1.71. The molecule has 1 aliphatic heterocycles. The van der Waals surface area contributed by atoms with E-state index in [1.807, 2.05) is 24.1 Å². The molecule has 3 rings (SSSR count). The summed E-state index contributed by atoms with van der Waals surface area (Å²) in [5.74, 6) is 1.37. The number of carbonyl (C=O) groups is 1. The zero-order valence-corrected chi connectivity index (χ0v) is 13.9. The van der Waals surface area contributed by atoms with Crippen LogP contribution in [0.15, 0.2) is 24.4 Å². The molecule has 1 unspecified atom stereocenters. The van der Waals surface area contributed by atoms with Gasteiger partial charge >= 0.3 is 0 Å². The summed E-state index contributed by atoms with van der Waals surface area (Å²) in [4.78, 5) is 25.6. The first-order valence-electron chi connectivity index (χ1n) is 7.74. The van der Waals surface area contributed by atoms with Crippen molar-refractivity contribution in [3.05, 3.63) is 45.7 Å². The molecular weight excluding hydrogens is 294 g/mol. The molecule has 0 N–H and O–H groups in total. The van der Waals surface area contributed by atoms with Crippen molar-refractivity contribution in [3.63, 3.8) is 0 Å². The fourth-order valence-electron chi connectivity index (χ4n) is 2.99. The number of nitrogens with zero attached hydrogens (tertiary/aromatic N) is 3. The van der Waals surface area contributed by atoms with E-state index in [9.17, 15) is 4.79 Å². The van der Waals surface area contributed by atoms with Crippen LogP contribution >= 0.6 is 11.3 Å². The number of hydrogen-bond donors (Lipinski definition) is 0. The first kappa shape index (κ1) is 15.2. The van der Waals surface area contributed by atoms with Crippen LogP contribution in [0.3, 0.4) is 0 Å². The Hall–Kier alpha value is -1.75. The van der Waals surface area contributed by atoms with E-state index in [0.717, 1.165) is 42.3 Å². The Labute approximate surface area is 135 Å². The predicted octanol–water partition coefficient (Wildman–Crippen LogP) is 3.10. The van der Waals surface area contributed by atoms with Gasteiger partial charge in [-0.15, -0.1) is 11.3 Å². The van der Waals surface area contributed by atoms with Gasteiger partial charge in [0, 0.05) is 40.7 Å². The quantitative estimate of drug-likeness (QED) is 0.874. The minimum Gasteiger partial charge on any atom is -0.342 e. The normalized spacial score (nSPS) is 18.5. The maximum absolute atomic E-state index is 12.5. The van der Waals surface area contributed by atoms with Crippen LogP contribution in [0, 0.1) is 13.8 Å². The second-order valence-electron chi connectivity index (χ2n) is 5.90. The van der Waals surface area contributed by atoms with Crippen LogP contribution in [0.2, 0.25) is 0 Å². The second kappa shape index (κ2) is 6.57. The topological polar surface area (TPSA) is 46.1 Å². The van der Waals surface area contributed by atoms with Gasteiger partial charge in [0.15, 0.2) is 0 Å². The second-order valence-corrected chi connectivity index (χ2v) is 7.27. The van der Waals surface area contributed by atoms with E-state index in [4.69, 9.17) is 0 Å². The van der Waals surface area contributed by atoms with E-state index in [0.29, 0.717) is 12.3 Å². The van der Waals surface area contributed by atoms with Gasteiger partial charge in [-0.1, -0.05) is 0 Å². The number of rotatable bonds is 3. The summed E-state index contributed by atoms with van der Waals surface area (Å²) in [5, 5.41) is 0. The summed E-state index contributed by atoms with van der Waals surface area (Å²) < 4.78 is 0. The Balaban J connectivity index is 1.66. The average Bonchev–Trinajstić information content (AvgIpc) is 2.92. The molecule has 2 aromatic heterocycles. The molecule has 116 valence electrons. The van der Waals surface area contributed by atoms with Crippen molar-refractivity contribution in [3.8, 4) is 0 Å². The van der Waals surface area contributed by atoms with Gasteiger partial charge < -0.3 is 4.90 Å². The molecule has 0 aliphatic carbocycles. The fourth-order valence-corrected chi connectivity index (χ4v) is 3.87. The summed E-state index contributed by atoms with van der Waals surface area (Å²) in [5.41, 5.74) is 1.07. The van der Waals surface area contributed by atoms with Crippen LogP contribution in [0.4, 0.5) is 0 Å². The van der Waals surface area contributed by atoms with Crippen molar-refractivity contribution in [1.29, 1.82) is 0 Å². The Morgan fingerprint density at radius 3 is 2.95 bits per heavy atom. The van der Waals surface area contributed by atoms with Gasteiger partial charge in [0.2, 0.25) is 5.91 Å². The standard InChI is InChI=1S/C17H21N3OS/c1-12-5-6-15(22-12)10-17(21)20-9-3-4-14(11-20)16-7-8-18-13(2)19-16/h5-8,14H,3-4,9-11H2,1-2H3. The molecule has 0 spiro atoms. The van der Waals surface area contributed by atoms with Gasteiger partial charge in [0.25, 0.3) is 0 Å². The monoisotopic (exact) mass is 315 g/mol. The zero-order valence-electron chi connectivity index (χ0n) is 13.1. The smallest absolute Gasteiger partial charge is 0.227 e. The lowest BCUT2D eigenvalue weighted by molar-refractivity contribution is -0.131. The van der Waals surface area contributed by atoms with E-state index in [2.05, 4.69) is 29.0 Å². The molecule has 4 nitrogen and oxygen atoms in total. The van der Waals surface area contributed by atoms with Gasteiger partial charge in [0.1, 0.15) is 5.82 Å². The molecule has 2 aromatic rings. The number of likely N-dealkylation sites (tertiary alicyclic amines) is 1. The molecule has 1 amide bonds. The molecule has 1 saturated heterocycles. The van der Waals surface area contributed by atoms with Crippen LogP contribution in [0.5, 0.6) is 0 Å². The number of piperidine rings is 1. The largest absolute Gasteiger partial charge is 0.342 e. The van der Waals surface area contributed by atoms with Crippen LogP contribution in [0.1, 0.15) is 40.0 Å². The van der Waals surface area contributed by atoms with Crippen molar-refractivity contribution >= 4 is 17.2 Å². The van der Waals surface area contributed by atoms with Gasteiger partial charge in [-0.2, -0.15) is 0 Å². The van der Waals surface area contributed by atoms with E-state index >= 15 is 0 Å². The summed E-state index contributed by atoms with van der Waals surface area (Å²) in [7, 11) is 0. The molecule has 0 bridgehead atoms. The first-order chi connectivity index (χ1) is 10.6. The van der Waals surface area contributed by atoms with Crippen molar-refractivity contribution in [1.82, 2.24) is 14.9 Å². The maximum Gasteiger partial charge on any atom is 0.227 e.